The third-order valence-electron chi connectivity index (χ3n) is 8.75. The van der Waals surface area contributed by atoms with Crippen molar-refractivity contribution < 1.29 is 0 Å². The summed E-state index contributed by atoms with van der Waals surface area (Å²) in [6, 6.07) is 53.1. The van der Waals surface area contributed by atoms with Crippen molar-refractivity contribution in [2.45, 2.75) is 0 Å². The summed E-state index contributed by atoms with van der Waals surface area (Å²) in [5.74, 6) is 0. The highest BCUT2D eigenvalue weighted by Crippen LogP contribution is 2.43. The number of benzene rings is 8. The highest BCUT2D eigenvalue weighted by atomic mass is 14.7. The molecule has 190 valence electrons. The van der Waals surface area contributed by atoms with Gasteiger partial charge in [0.1, 0.15) is 0 Å². The average Bonchev–Trinajstić information content (AvgIpc) is 3.44. The number of aromatic amines is 1. The first-order valence-electron chi connectivity index (χ1n) is 14.2. The molecule has 1 nitrogen and oxygen atoms in total. The number of aromatic nitrogens is 1. The summed E-state index contributed by atoms with van der Waals surface area (Å²) >= 11 is 0. The van der Waals surface area contributed by atoms with Gasteiger partial charge >= 0.3 is 0 Å². The van der Waals surface area contributed by atoms with Crippen LogP contribution in [0.1, 0.15) is 0 Å². The van der Waals surface area contributed by atoms with Crippen LogP contribution in [0.15, 0.2) is 146 Å². The van der Waals surface area contributed by atoms with Crippen molar-refractivity contribution in [1.82, 2.24) is 4.98 Å². The highest BCUT2D eigenvalue weighted by molar-refractivity contribution is 6.32. The second-order valence-electron chi connectivity index (χ2n) is 11.0. The largest absolute Gasteiger partial charge is 0.353 e. The van der Waals surface area contributed by atoms with Crippen LogP contribution in [0.4, 0.5) is 0 Å². The molecule has 0 radical (unpaired) electrons. The zero-order valence-electron chi connectivity index (χ0n) is 22.4. The Balaban J connectivity index is 1.35. The molecular weight excluding hydrogens is 494 g/mol. The van der Waals surface area contributed by atoms with E-state index < -0.39 is 0 Å². The number of para-hydroxylation sites is 1. The van der Waals surface area contributed by atoms with E-state index in [9.17, 15) is 0 Å². The van der Waals surface area contributed by atoms with Gasteiger partial charge in [-0.3, -0.25) is 0 Å². The molecule has 0 aliphatic rings. The Morgan fingerprint density at radius 1 is 0.341 bits per heavy atom. The second kappa shape index (κ2) is 8.55. The van der Waals surface area contributed by atoms with Gasteiger partial charge < -0.3 is 4.98 Å². The van der Waals surface area contributed by atoms with Gasteiger partial charge in [0.15, 0.2) is 0 Å². The van der Waals surface area contributed by atoms with Crippen molar-refractivity contribution in [3.05, 3.63) is 146 Å². The molecule has 0 fully saturated rings. The van der Waals surface area contributed by atoms with E-state index in [1.807, 2.05) is 0 Å². The van der Waals surface area contributed by atoms with Crippen molar-refractivity contribution in [3.8, 4) is 22.3 Å². The number of rotatable bonds is 2. The number of hydrogen-bond acceptors (Lipinski definition) is 0. The maximum Gasteiger partial charge on any atom is 0.0551 e. The third kappa shape index (κ3) is 3.24. The molecule has 41 heavy (non-hydrogen) atoms. The van der Waals surface area contributed by atoms with Crippen LogP contribution in [0.5, 0.6) is 0 Å². The first-order chi connectivity index (χ1) is 20.3. The maximum absolute atomic E-state index is 3.90. The molecule has 1 aromatic heterocycles. The minimum Gasteiger partial charge on any atom is -0.353 e. The summed E-state index contributed by atoms with van der Waals surface area (Å²) in [7, 11) is 0. The lowest BCUT2D eigenvalue weighted by Gasteiger charge is -2.13. The summed E-state index contributed by atoms with van der Waals surface area (Å²) in [4.78, 5) is 3.90. The standard InChI is InChI=1S/C40H25N/c1-3-15-29-25(11-1)23-26-12-2-4-16-30(26)37(29)28-14-9-13-27(24-28)31-21-10-22-36-38-34-19-7-5-17-32(34)33-18-6-8-20-35(33)40(38)41-39(31)36/h1-24,41H. The van der Waals surface area contributed by atoms with Gasteiger partial charge in [-0.25, -0.2) is 0 Å². The molecule has 9 rings (SSSR count). The lowest BCUT2D eigenvalue weighted by Crippen LogP contribution is -1.87. The second-order valence-corrected chi connectivity index (χ2v) is 11.0. The van der Waals surface area contributed by atoms with Crippen LogP contribution in [0, 0.1) is 0 Å². The normalized spacial score (nSPS) is 11.9. The Hall–Kier alpha value is -5.40. The Labute approximate surface area is 237 Å². The molecule has 0 aliphatic carbocycles. The average molecular weight is 520 g/mol. The van der Waals surface area contributed by atoms with Gasteiger partial charge in [0.2, 0.25) is 0 Å². The number of fused-ring (bicyclic) bond motifs is 10. The van der Waals surface area contributed by atoms with E-state index in [1.165, 1.54) is 87.1 Å². The minimum absolute atomic E-state index is 1.18. The van der Waals surface area contributed by atoms with Crippen LogP contribution >= 0.6 is 0 Å². The monoisotopic (exact) mass is 519 g/mol. The van der Waals surface area contributed by atoms with E-state index in [0.29, 0.717) is 0 Å². The Morgan fingerprint density at radius 3 is 1.61 bits per heavy atom. The Kier molecular flexibility index (Phi) is 4.67. The van der Waals surface area contributed by atoms with Gasteiger partial charge in [-0.2, -0.15) is 0 Å². The predicted octanol–water partition coefficient (Wildman–Crippen LogP) is 11.3. The molecule has 0 aliphatic heterocycles. The SMILES string of the molecule is c1cc(-c2c3ccccc3cc3ccccc23)cc(-c2cccc3c2[nH]c2c4ccccc4c4ccccc4c32)c1. The summed E-state index contributed by atoms with van der Waals surface area (Å²) in [5.41, 5.74) is 7.35. The van der Waals surface area contributed by atoms with Crippen LogP contribution in [0.25, 0.3) is 87.1 Å². The van der Waals surface area contributed by atoms with Gasteiger partial charge in [0.25, 0.3) is 0 Å². The Morgan fingerprint density at radius 2 is 0.878 bits per heavy atom. The lowest BCUT2D eigenvalue weighted by atomic mass is 9.90. The van der Waals surface area contributed by atoms with Crippen LogP contribution in [-0.4, -0.2) is 4.98 Å². The quantitative estimate of drug-likeness (QED) is 0.173. The van der Waals surface area contributed by atoms with Crippen molar-refractivity contribution in [2.75, 3.05) is 0 Å². The zero-order chi connectivity index (χ0) is 26.9. The summed E-state index contributed by atoms with van der Waals surface area (Å²) in [5, 5.41) is 12.8. The molecule has 0 atom stereocenters. The van der Waals surface area contributed by atoms with Crippen LogP contribution < -0.4 is 0 Å². The molecule has 9 aromatic rings. The van der Waals surface area contributed by atoms with Crippen LogP contribution in [0.2, 0.25) is 0 Å². The Bertz CT molecular complexity index is 2420. The number of H-pyrrole nitrogens is 1. The molecule has 0 spiro atoms. The first-order valence-corrected chi connectivity index (χ1v) is 14.2. The molecule has 0 saturated heterocycles. The van der Waals surface area contributed by atoms with Crippen LogP contribution in [-0.2, 0) is 0 Å². The van der Waals surface area contributed by atoms with E-state index >= 15 is 0 Å². The first kappa shape index (κ1) is 22.4. The van der Waals surface area contributed by atoms with Gasteiger partial charge in [0.05, 0.1) is 11.0 Å². The molecule has 8 aromatic carbocycles. The third-order valence-corrected chi connectivity index (χ3v) is 8.75. The molecule has 0 amide bonds. The fourth-order valence-corrected chi connectivity index (χ4v) is 6.98. The van der Waals surface area contributed by atoms with Crippen molar-refractivity contribution in [1.29, 1.82) is 0 Å². The minimum atomic E-state index is 1.18. The van der Waals surface area contributed by atoms with Crippen molar-refractivity contribution >= 4 is 64.9 Å². The van der Waals surface area contributed by atoms with Crippen molar-refractivity contribution in [3.63, 3.8) is 0 Å². The smallest absolute Gasteiger partial charge is 0.0551 e. The van der Waals surface area contributed by atoms with Gasteiger partial charge in [-0.05, 0) is 66.5 Å². The van der Waals surface area contributed by atoms with Gasteiger partial charge in [0, 0.05) is 21.7 Å². The van der Waals surface area contributed by atoms with E-state index in [2.05, 4.69) is 151 Å². The van der Waals surface area contributed by atoms with Crippen LogP contribution in [0.3, 0.4) is 0 Å². The fourth-order valence-electron chi connectivity index (χ4n) is 6.98. The molecule has 0 saturated carbocycles. The molecule has 1 heterocycles. The predicted molar refractivity (Wildman–Crippen MR) is 177 cm³/mol. The van der Waals surface area contributed by atoms with Gasteiger partial charge in [-0.15, -0.1) is 0 Å². The molecular formula is C40H25N. The fraction of sp³-hybridized carbons (Fsp3) is 0. The highest BCUT2D eigenvalue weighted by Gasteiger charge is 2.17. The molecule has 1 heteroatoms. The molecule has 0 bridgehead atoms. The zero-order valence-corrected chi connectivity index (χ0v) is 22.4. The molecule has 0 unspecified atom stereocenters. The summed E-state index contributed by atoms with van der Waals surface area (Å²) < 4.78 is 0. The van der Waals surface area contributed by atoms with Gasteiger partial charge in [-0.1, -0.05) is 133 Å². The van der Waals surface area contributed by atoms with E-state index in [4.69, 9.17) is 0 Å². The van der Waals surface area contributed by atoms with E-state index in [0.717, 1.165) is 0 Å². The van der Waals surface area contributed by atoms with Crippen molar-refractivity contribution in [2.24, 2.45) is 0 Å². The number of hydrogen-bond donors (Lipinski definition) is 1. The summed E-state index contributed by atoms with van der Waals surface area (Å²) in [6.45, 7) is 0. The van der Waals surface area contributed by atoms with E-state index in [1.54, 1.807) is 0 Å². The maximum atomic E-state index is 3.90. The molecule has 1 N–H and O–H groups in total. The number of nitrogens with one attached hydrogen (secondary N) is 1. The lowest BCUT2D eigenvalue weighted by molar-refractivity contribution is 1.55. The topological polar surface area (TPSA) is 15.8 Å². The van der Waals surface area contributed by atoms with E-state index in [-0.39, 0.29) is 0 Å². The summed E-state index contributed by atoms with van der Waals surface area (Å²) in [6.07, 6.45) is 0.